The van der Waals surface area contributed by atoms with Crippen molar-refractivity contribution in [3.8, 4) is 0 Å². The average Bonchev–Trinajstić information content (AvgIpc) is 2.63. The van der Waals surface area contributed by atoms with E-state index < -0.39 is 0 Å². The summed E-state index contributed by atoms with van der Waals surface area (Å²) in [5.74, 6) is -0.383. The zero-order chi connectivity index (χ0) is 18.2. The predicted molar refractivity (Wildman–Crippen MR) is 101 cm³/mol. The third-order valence-corrected chi connectivity index (χ3v) is 5.03. The summed E-state index contributed by atoms with van der Waals surface area (Å²) in [7, 11) is 3.08. The van der Waals surface area contributed by atoms with E-state index in [4.69, 9.17) is 0 Å². The zero-order valence-electron chi connectivity index (χ0n) is 14.1. The lowest BCUT2D eigenvalue weighted by Crippen LogP contribution is -2.28. The molecule has 0 bridgehead atoms. The molecule has 2 rings (SSSR count). The van der Waals surface area contributed by atoms with Crippen LogP contribution in [0.2, 0.25) is 0 Å². The van der Waals surface area contributed by atoms with E-state index in [0.29, 0.717) is 30.0 Å². The fraction of sp³-hybridized carbons (Fsp3) is 0.278. The molecule has 0 saturated heterocycles. The van der Waals surface area contributed by atoms with E-state index in [9.17, 15) is 9.59 Å². The molecular weight excluding hydrogens is 404 g/mol. The molecule has 0 spiro atoms. The summed E-state index contributed by atoms with van der Waals surface area (Å²) in [5.41, 5.74) is 0.552. The van der Waals surface area contributed by atoms with Crippen LogP contribution >= 0.6 is 27.7 Å². The Morgan fingerprint density at radius 1 is 1.24 bits per heavy atom. The lowest BCUT2D eigenvalue weighted by molar-refractivity contribution is -0.140. The number of hydrogen-bond donors (Lipinski definition) is 0. The summed E-state index contributed by atoms with van der Waals surface area (Å²) >= 11 is 4.86. The zero-order valence-corrected chi connectivity index (χ0v) is 16.5. The first-order valence-electron chi connectivity index (χ1n) is 7.72. The summed E-state index contributed by atoms with van der Waals surface area (Å²) in [6, 6.07) is 11.4. The molecule has 1 aromatic heterocycles. The van der Waals surface area contributed by atoms with E-state index in [-0.39, 0.29) is 11.9 Å². The van der Waals surface area contributed by atoms with Crippen LogP contribution in [0.1, 0.15) is 23.2 Å². The van der Waals surface area contributed by atoms with Crippen molar-refractivity contribution in [2.75, 3.05) is 20.7 Å². The number of benzene rings is 1. The van der Waals surface area contributed by atoms with Crippen LogP contribution in [0.4, 0.5) is 0 Å². The molecule has 0 aliphatic heterocycles. The molecule has 0 atom stereocenters. The van der Waals surface area contributed by atoms with Crippen LogP contribution in [0.25, 0.3) is 0 Å². The van der Waals surface area contributed by atoms with Crippen LogP contribution in [0.5, 0.6) is 0 Å². The molecule has 1 aromatic carbocycles. The molecule has 25 heavy (non-hydrogen) atoms. The minimum absolute atomic E-state index is 0.113. The number of esters is 1. The summed E-state index contributed by atoms with van der Waals surface area (Å²) < 4.78 is 5.61. The van der Waals surface area contributed by atoms with Crippen molar-refractivity contribution in [1.29, 1.82) is 0 Å². The molecule has 1 amide bonds. The first-order valence-corrected chi connectivity index (χ1v) is 9.33. The minimum Gasteiger partial charge on any atom is -0.469 e. The van der Waals surface area contributed by atoms with Crippen LogP contribution in [0.15, 0.2) is 57.0 Å². The average molecular weight is 423 g/mol. The number of ether oxygens (including phenoxy) is 1. The van der Waals surface area contributed by atoms with E-state index in [0.717, 1.165) is 9.37 Å². The monoisotopic (exact) mass is 422 g/mol. The molecule has 0 saturated carbocycles. The van der Waals surface area contributed by atoms with Crippen molar-refractivity contribution in [2.24, 2.45) is 0 Å². The fourth-order valence-electron chi connectivity index (χ4n) is 2.12. The number of aromatic nitrogens is 1. The molecule has 0 unspecified atom stereocenters. The highest BCUT2D eigenvalue weighted by atomic mass is 79.9. The van der Waals surface area contributed by atoms with Crippen LogP contribution < -0.4 is 0 Å². The number of rotatable bonds is 7. The Kier molecular flexibility index (Phi) is 7.46. The van der Waals surface area contributed by atoms with Crippen molar-refractivity contribution in [1.82, 2.24) is 9.88 Å². The predicted octanol–water partition coefficient (Wildman–Crippen LogP) is 4.02. The van der Waals surface area contributed by atoms with Gasteiger partial charge < -0.3 is 9.64 Å². The maximum atomic E-state index is 12.7. The van der Waals surface area contributed by atoms with Gasteiger partial charge in [-0.05, 0) is 42.8 Å². The van der Waals surface area contributed by atoms with E-state index in [1.807, 2.05) is 24.3 Å². The maximum Gasteiger partial charge on any atom is 0.305 e. The van der Waals surface area contributed by atoms with Gasteiger partial charge in [0, 0.05) is 35.6 Å². The summed E-state index contributed by atoms with van der Waals surface area (Å²) in [4.78, 5) is 30.8. The maximum absolute atomic E-state index is 12.7. The minimum atomic E-state index is -0.270. The molecule has 1 heterocycles. The van der Waals surface area contributed by atoms with Crippen molar-refractivity contribution in [3.05, 3.63) is 52.6 Å². The lowest BCUT2D eigenvalue weighted by atomic mass is 10.2. The van der Waals surface area contributed by atoms with Gasteiger partial charge in [-0.15, -0.1) is 0 Å². The number of pyridine rings is 1. The van der Waals surface area contributed by atoms with Crippen LogP contribution in [-0.2, 0) is 9.53 Å². The molecule has 132 valence electrons. The Bertz CT molecular complexity index is 737. The van der Waals surface area contributed by atoms with Crippen molar-refractivity contribution in [3.63, 3.8) is 0 Å². The number of halogens is 1. The molecule has 0 N–H and O–H groups in total. The van der Waals surface area contributed by atoms with E-state index >= 15 is 0 Å². The number of hydrogen-bond acceptors (Lipinski definition) is 5. The Hall–Kier alpha value is -1.86. The second kappa shape index (κ2) is 9.58. The summed E-state index contributed by atoms with van der Waals surface area (Å²) in [5, 5.41) is 0.662. The highest BCUT2D eigenvalue weighted by Crippen LogP contribution is 2.30. The number of nitrogens with zero attached hydrogens (tertiary/aromatic N) is 2. The third kappa shape index (κ3) is 5.86. The van der Waals surface area contributed by atoms with E-state index in [1.165, 1.54) is 18.9 Å². The molecule has 0 radical (unpaired) electrons. The van der Waals surface area contributed by atoms with E-state index in [1.54, 1.807) is 30.3 Å². The second-order valence-electron chi connectivity index (χ2n) is 5.32. The normalized spacial score (nSPS) is 10.4. The topological polar surface area (TPSA) is 59.5 Å². The summed E-state index contributed by atoms with van der Waals surface area (Å²) in [6.45, 7) is 0.477. The highest BCUT2D eigenvalue weighted by Gasteiger charge is 2.17. The summed E-state index contributed by atoms with van der Waals surface area (Å²) in [6.07, 6.45) is 2.53. The smallest absolute Gasteiger partial charge is 0.305 e. The Labute approximate surface area is 159 Å². The molecule has 0 fully saturated rings. The van der Waals surface area contributed by atoms with Gasteiger partial charge in [-0.1, -0.05) is 27.7 Å². The molecule has 0 aliphatic carbocycles. The molecular formula is C18H19BrN2O3S. The highest BCUT2D eigenvalue weighted by molar-refractivity contribution is 9.10. The molecule has 0 aliphatic rings. The van der Waals surface area contributed by atoms with Gasteiger partial charge in [-0.3, -0.25) is 9.59 Å². The second-order valence-corrected chi connectivity index (χ2v) is 7.30. The largest absolute Gasteiger partial charge is 0.469 e. The third-order valence-electron chi connectivity index (χ3n) is 3.48. The number of methoxy groups -OCH3 is 1. The Morgan fingerprint density at radius 3 is 2.64 bits per heavy atom. The Balaban J connectivity index is 2.06. The quantitative estimate of drug-likeness (QED) is 0.630. The van der Waals surface area contributed by atoms with Crippen molar-refractivity contribution in [2.45, 2.75) is 22.8 Å². The Morgan fingerprint density at radius 2 is 1.96 bits per heavy atom. The van der Waals surface area contributed by atoms with Crippen molar-refractivity contribution >= 4 is 39.6 Å². The molecule has 7 heteroatoms. The first kappa shape index (κ1) is 19.5. The van der Waals surface area contributed by atoms with Gasteiger partial charge in [-0.2, -0.15) is 0 Å². The van der Waals surface area contributed by atoms with Gasteiger partial charge in [-0.25, -0.2) is 4.98 Å². The first-order chi connectivity index (χ1) is 12.0. The van der Waals surface area contributed by atoms with Gasteiger partial charge in [0.05, 0.1) is 12.7 Å². The standard InChI is InChI=1S/C18H19BrN2O3S/c1-21(12-4-6-16(22)24-2)18(23)15-5-3-11-20-17(15)25-14-9-7-13(19)8-10-14/h3,5,7-11H,4,6,12H2,1-2H3. The van der Waals surface area contributed by atoms with Crippen LogP contribution in [0, 0.1) is 0 Å². The van der Waals surface area contributed by atoms with Crippen LogP contribution in [-0.4, -0.2) is 42.5 Å². The SMILES string of the molecule is COC(=O)CCCN(C)C(=O)c1cccnc1Sc1ccc(Br)cc1. The number of carbonyl (C=O) groups excluding carboxylic acids is 2. The lowest BCUT2D eigenvalue weighted by Gasteiger charge is -2.18. The fourth-order valence-corrected chi connectivity index (χ4v) is 3.26. The van der Waals surface area contributed by atoms with Gasteiger partial charge in [0.25, 0.3) is 5.91 Å². The van der Waals surface area contributed by atoms with Crippen molar-refractivity contribution < 1.29 is 14.3 Å². The van der Waals surface area contributed by atoms with E-state index in [2.05, 4.69) is 25.7 Å². The number of amides is 1. The van der Waals surface area contributed by atoms with Gasteiger partial charge >= 0.3 is 5.97 Å². The number of carbonyl (C=O) groups is 2. The molecule has 5 nitrogen and oxygen atoms in total. The van der Waals surface area contributed by atoms with Crippen LogP contribution in [0.3, 0.4) is 0 Å². The van der Waals surface area contributed by atoms with Gasteiger partial charge in [0.2, 0.25) is 0 Å². The molecule has 2 aromatic rings. The van der Waals surface area contributed by atoms with Gasteiger partial charge in [0.15, 0.2) is 0 Å². The van der Waals surface area contributed by atoms with Gasteiger partial charge in [0.1, 0.15) is 5.03 Å².